The van der Waals surface area contributed by atoms with Gasteiger partial charge in [0.1, 0.15) is 0 Å². The molecule has 3 N–H and O–H groups in total. The summed E-state index contributed by atoms with van der Waals surface area (Å²) in [7, 11) is -3.63. The molecule has 1 atom stereocenters. The molecule has 1 aromatic carbocycles. The highest BCUT2D eigenvalue weighted by atomic mass is 32.2. The second-order valence-electron chi connectivity index (χ2n) is 3.93. The number of hydrogen-bond acceptors (Lipinski definition) is 4. The number of hydrogen-bond donors (Lipinski definition) is 3. The normalized spacial score (nSPS) is 13.6. The molecule has 1 unspecified atom stereocenters. The van der Waals surface area contributed by atoms with Gasteiger partial charge in [-0.3, -0.25) is 0 Å². The summed E-state index contributed by atoms with van der Waals surface area (Å²) in [5.74, 6) is 0. The number of aliphatic hydroxyl groups is 2. The second kappa shape index (κ2) is 5.59. The topological polar surface area (TPSA) is 86.6 Å². The largest absolute Gasteiger partial charge is 0.394 e. The molecule has 0 aliphatic heterocycles. The van der Waals surface area contributed by atoms with Gasteiger partial charge in [-0.15, -0.1) is 0 Å². The zero-order chi connectivity index (χ0) is 13.1. The van der Waals surface area contributed by atoms with Gasteiger partial charge >= 0.3 is 0 Å². The summed E-state index contributed by atoms with van der Waals surface area (Å²) < 4.78 is 25.9. The van der Waals surface area contributed by atoms with Crippen LogP contribution in [-0.4, -0.2) is 37.9 Å². The number of rotatable bonds is 5. The quantitative estimate of drug-likeness (QED) is 0.691. The molecule has 0 heterocycles. The van der Waals surface area contributed by atoms with Crippen molar-refractivity contribution in [3.63, 3.8) is 0 Å². The van der Waals surface area contributed by atoms with E-state index in [4.69, 9.17) is 10.2 Å². The highest BCUT2D eigenvalue weighted by molar-refractivity contribution is 7.89. The van der Waals surface area contributed by atoms with E-state index >= 15 is 0 Å². The molecule has 0 fully saturated rings. The monoisotopic (exact) mass is 259 g/mol. The fraction of sp³-hybridized carbons (Fsp3) is 0.455. The second-order valence-corrected chi connectivity index (χ2v) is 5.70. The first-order valence-corrected chi connectivity index (χ1v) is 6.71. The fourth-order valence-electron chi connectivity index (χ4n) is 1.23. The van der Waals surface area contributed by atoms with Gasteiger partial charge in [-0.05, 0) is 37.1 Å². The summed E-state index contributed by atoms with van der Waals surface area (Å²) in [5, 5.41) is 17.7. The van der Waals surface area contributed by atoms with E-state index in [0.29, 0.717) is 0 Å². The van der Waals surface area contributed by atoms with Gasteiger partial charge in [-0.1, -0.05) is 6.07 Å². The van der Waals surface area contributed by atoms with Crippen LogP contribution in [0.5, 0.6) is 0 Å². The zero-order valence-corrected chi connectivity index (χ0v) is 10.7. The minimum Gasteiger partial charge on any atom is -0.394 e. The number of aliphatic hydroxyl groups excluding tert-OH is 2. The Morgan fingerprint density at radius 3 is 2.47 bits per heavy atom. The molecule has 0 aromatic heterocycles. The van der Waals surface area contributed by atoms with Gasteiger partial charge in [0.05, 0.1) is 17.6 Å². The molecule has 5 nitrogen and oxygen atoms in total. The number of sulfonamides is 1. The van der Waals surface area contributed by atoms with E-state index in [1.54, 1.807) is 12.1 Å². The maximum Gasteiger partial charge on any atom is 0.240 e. The van der Waals surface area contributed by atoms with Crippen LogP contribution in [0.4, 0.5) is 0 Å². The maximum atomic E-state index is 11.8. The van der Waals surface area contributed by atoms with E-state index in [0.717, 1.165) is 11.1 Å². The zero-order valence-electron chi connectivity index (χ0n) is 9.84. The Kier molecular flexibility index (Phi) is 4.64. The Hall–Kier alpha value is -0.950. The van der Waals surface area contributed by atoms with E-state index in [1.807, 2.05) is 13.8 Å². The molecular weight excluding hydrogens is 242 g/mol. The molecule has 0 amide bonds. The Bertz CT molecular complexity index is 484. The predicted molar refractivity (Wildman–Crippen MR) is 64.2 cm³/mol. The third-order valence-corrected chi connectivity index (χ3v) is 3.93. The molecule has 0 bridgehead atoms. The van der Waals surface area contributed by atoms with E-state index in [9.17, 15) is 8.42 Å². The lowest BCUT2D eigenvalue weighted by Gasteiger charge is -2.11. The van der Waals surface area contributed by atoms with Crippen molar-refractivity contribution >= 4 is 10.0 Å². The SMILES string of the molecule is Cc1ccc(S(=O)(=O)NCC(O)CO)cc1C. The minimum absolute atomic E-state index is 0.158. The van der Waals surface area contributed by atoms with Crippen molar-refractivity contribution in [2.75, 3.05) is 13.2 Å². The van der Waals surface area contributed by atoms with Crippen molar-refractivity contribution in [2.45, 2.75) is 24.8 Å². The van der Waals surface area contributed by atoms with E-state index in [2.05, 4.69) is 4.72 Å². The highest BCUT2D eigenvalue weighted by Gasteiger charge is 2.15. The van der Waals surface area contributed by atoms with Crippen molar-refractivity contribution in [3.8, 4) is 0 Å². The van der Waals surface area contributed by atoms with Gasteiger partial charge in [0.15, 0.2) is 0 Å². The Balaban J connectivity index is 2.86. The molecule has 0 saturated heterocycles. The van der Waals surface area contributed by atoms with Gasteiger partial charge < -0.3 is 10.2 Å². The van der Waals surface area contributed by atoms with Crippen LogP contribution in [0.2, 0.25) is 0 Å². The smallest absolute Gasteiger partial charge is 0.240 e. The fourth-order valence-corrected chi connectivity index (χ4v) is 2.39. The minimum atomic E-state index is -3.63. The van der Waals surface area contributed by atoms with Crippen molar-refractivity contribution in [2.24, 2.45) is 0 Å². The highest BCUT2D eigenvalue weighted by Crippen LogP contribution is 2.14. The Morgan fingerprint density at radius 2 is 1.94 bits per heavy atom. The third-order valence-electron chi connectivity index (χ3n) is 2.51. The average molecular weight is 259 g/mol. The number of nitrogens with one attached hydrogen (secondary N) is 1. The molecule has 0 spiro atoms. The lowest BCUT2D eigenvalue weighted by molar-refractivity contribution is 0.0988. The first-order chi connectivity index (χ1) is 7.86. The van der Waals surface area contributed by atoms with Crippen molar-refractivity contribution < 1.29 is 18.6 Å². The summed E-state index contributed by atoms with van der Waals surface area (Å²) >= 11 is 0. The van der Waals surface area contributed by atoms with Gasteiger partial charge in [0, 0.05) is 6.54 Å². The van der Waals surface area contributed by atoms with Gasteiger partial charge in [0.2, 0.25) is 10.0 Å². The van der Waals surface area contributed by atoms with Gasteiger partial charge in [0.25, 0.3) is 0 Å². The van der Waals surface area contributed by atoms with Crippen molar-refractivity contribution in [1.29, 1.82) is 0 Å². The van der Waals surface area contributed by atoms with Crippen LogP contribution in [-0.2, 0) is 10.0 Å². The van der Waals surface area contributed by atoms with Crippen LogP contribution in [0.15, 0.2) is 23.1 Å². The van der Waals surface area contributed by atoms with Crippen LogP contribution in [0.1, 0.15) is 11.1 Å². The molecule has 0 radical (unpaired) electrons. The summed E-state index contributed by atoms with van der Waals surface area (Å²) in [4.78, 5) is 0.158. The summed E-state index contributed by atoms with van der Waals surface area (Å²) in [5.41, 5.74) is 1.90. The maximum absolute atomic E-state index is 11.8. The number of benzene rings is 1. The summed E-state index contributed by atoms with van der Waals surface area (Å²) in [6.45, 7) is 3.05. The standard InChI is InChI=1S/C11H17NO4S/c1-8-3-4-11(5-9(8)2)17(15,16)12-6-10(14)7-13/h3-5,10,12-14H,6-7H2,1-2H3. The van der Waals surface area contributed by atoms with Crippen LogP contribution < -0.4 is 4.72 Å². The van der Waals surface area contributed by atoms with Crippen LogP contribution in [0, 0.1) is 13.8 Å². The molecular formula is C11H17NO4S. The van der Waals surface area contributed by atoms with Gasteiger partial charge in [-0.25, -0.2) is 13.1 Å². The number of aryl methyl sites for hydroxylation is 2. The van der Waals surface area contributed by atoms with Crippen molar-refractivity contribution in [3.05, 3.63) is 29.3 Å². The van der Waals surface area contributed by atoms with Crippen LogP contribution in [0.25, 0.3) is 0 Å². The molecule has 0 aliphatic rings. The summed E-state index contributed by atoms with van der Waals surface area (Å²) in [6, 6.07) is 4.81. The first kappa shape index (κ1) is 14.1. The lowest BCUT2D eigenvalue weighted by Crippen LogP contribution is -2.33. The lowest BCUT2D eigenvalue weighted by atomic mass is 10.1. The van der Waals surface area contributed by atoms with E-state index in [-0.39, 0.29) is 11.4 Å². The summed E-state index contributed by atoms with van der Waals surface area (Å²) in [6.07, 6.45) is -1.09. The Morgan fingerprint density at radius 1 is 1.29 bits per heavy atom. The van der Waals surface area contributed by atoms with Crippen LogP contribution >= 0.6 is 0 Å². The molecule has 0 aliphatic carbocycles. The van der Waals surface area contributed by atoms with Gasteiger partial charge in [-0.2, -0.15) is 0 Å². The predicted octanol–water partition coefficient (Wildman–Crippen LogP) is -0.0651. The Labute approximate surface area is 101 Å². The van der Waals surface area contributed by atoms with E-state index < -0.39 is 22.7 Å². The molecule has 1 aromatic rings. The third kappa shape index (κ3) is 3.78. The van der Waals surface area contributed by atoms with Crippen molar-refractivity contribution in [1.82, 2.24) is 4.72 Å². The molecule has 96 valence electrons. The molecule has 1 rings (SSSR count). The van der Waals surface area contributed by atoms with E-state index in [1.165, 1.54) is 6.07 Å². The average Bonchev–Trinajstić information content (AvgIpc) is 2.29. The molecule has 0 saturated carbocycles. The van der Waals surface area contributed by atoms with Crippen LogP contribution in [0.3, 0.4) is 0 Å². The molecule has 6 heteroatoms. The first-order valence-electron chi connectivity index (χ1n) is 5.22. The molecule has 17 heavy (non-hydrogen) atoms.